The molecule has 3 heterocycles. The van der Waals surface area contributed by atoms with E-state index in [1.807, 2.05) is 71.8 Å². The molecule has 1 aromatic carbocycles. The third-order valence-electron chi connectivity index (χ3n) is 5.69. The molecular formula is C24H25N5O. The number of carbonyl (C=O) groups is 1. The molecule has 1 fully saturated rings. The number of piperazine rings is 1. The summed E-state index contributed by atoms with van der Waals surface area (Å²) in [6.45, 7) is 7.92. The maximum atomic E-state index is 13.2. The molecule has 3 aromatic rings. The zero-order valence-electron chi connectivity index (χ0n) is 17.4. The first-order chi connectivity index (χ1) is 14.6. The van der Waals surface area contributed by atoms with Gasteiger partial charge in [-0.2, -0.15) is 5.26 Å². The SMILES string of the molecule is Cc1cc(C(=O)N2CCN(Cc3ccc(C#N)cc3)CC2)c(C)n1-c1ccccn1. The molecule has 1 amide bonds. The Bertz CT molecular complexity index is 1070. The summed E-state index contributed by atoms with van der Waals surface area (Å²) in [5.74, 6) is 0.919. The van der Waals surface area contributed by atoms with Crippen LogP contribution < -0.4 is 0 Å². The zero-order chi connectivity index (χ0) is 21.1. The van der Waals surface area contributed by atoms with Gasteiger partial charge >= 0.3 is 0 Å². The van der Waals surface area contributed by atoms with E-state index >= 15 is 0 Å². The van der Waals surface area contributed by atoms with Crippen LogP contribution in [0.5, 0.6) is 0 Å². The van der Waals surface area contributed by atoms with Gasteiger partial charge in [-0.05, 0) is 49.7 Å². The number of benzene rings is 1. The first kappa shape index (κ1) is 19.9. The van der Waals surface area contributed by atoms with Crippen molar-refractivity contribution >= 4 is 5.91 Å². The number of nitrogens with zero attached hydrogens (tertiary/aromatic N) is 5. The van der Waals surface area contributed by atoms with Crippen molar-refractivity contribution in [3.63, 3.8) is 0 Å². The second-order valence-corrected chi connectivity index (χ2v) is 7.69. The highest BCUT2D eigenvalue weighted by Gasteiger charge is 2.25. The van der Waals surface area contributed by atoms with Gasteiger partial charge in [0.05, 0.1) is 17.2 Å². The summed E-state index contributed by atoms with van der Waals surface area (Å²) < 4.78 is 2.04. The number of hydrogen-bond acceptors (Lipinski definition) is 4. The van der Waals surface area contributed by atoms with Crippen LogP contribution in [-0.2, 0) is 6.54 Å². The maximum Gasteiger partial charge on any atom is 0.255 e. The van der Waals surface area contributed by atoms with Crippen molar-refractivity contribution in [2.45, 2.75) is 20.4 Å². The maximum absolute atomic E-state index is 13.2. The molecule has 0 spiro atoms. The first-order valence-corrected chi connectivity index (χ1v) is 10.2. The molecule has 30 heavy (non-hydrogen) atoms. The van der Waals surface area contributed by atoms with Gasteiger partial charge in [0, 0.05) is 50.3 Å². The predicted octanol–water partition coefficient (Wildman–Crippen LogP) is 3.32. The van der Waals surface area contributed by atoms with Crippen LogP contribution >= 0.6 is 0 Å². The fourth-order valence-corrected chi connectivity index (χ4v) is 4.04. The van der Waals surface area contributed by atoms with E-state index in [-0.39, 0.29) is 5.91 Å². The van der Waals surface area contributed by atoms with Crippen molar-refractivity contribution < 1.29 is 4.79 Å². The molecule has 0 bridgehead atoms. The van der Waals surface area contributed by atoms with Crippen LogP contribution in [0.2, 0.25) is 0 Å². The number of pyridine rings is 1. The second-order valence-electron chi connectivity index (χ2n) is 7.69. The molecule has 1 saturated heterocycles. The minimum Gasteiger partial charge on any atom is -0.336 e. The molecule has 6 nitrogen and oxygen atoms in total. The van der Waals surface area contributed by atoms with Crippen molar-refractivity contribution in [2.24, 2.45) is 0 Å². The molecule has 0 atom stereocenters. The van der Waals surface area contributed by atoms with Crippen molar-refractivity contribution in [3.8, 4) is 11.9 Å². The Labute approximate surface area is 177 Å². The van der Waals surface area contributed by atoms with Crippen molar-refractivity contribution in [3.05, 3.63) is 82.8 Å². The third-order valence-corrected chi connectivity index (χ3v) is 5.69. The normalized spacial score (nSPS) is 14.5. The second kappa shape index (κ2) is 8.52. The molecule has 2 aromatic heterocycles. The fraction of sp³-hybridized carbons (Fsp3) is 0.292. The van der Waals surface area contributed by atoms with Gasteiger partial charge in [-0.15, -0.1) is 0 Å². The third kappa shape index (κ3) is 3.98. The summed E-state index contributed by atoms with van der Waals surface area (Å²) in [6, 6.07) is 17.6. The van der Waals surface area contributed by atoms with Gasteiger partial charge in [0.2, 0.25) is 0 Å². The highest BCUT2D eigenvalue weighted by molar-refractivity contribution is 5.96. The molecule has 6 heteroatoms. The average Bonchev–Trinajstić information content (AvgIpc) is 3.08. The van der Waals surface area contributed by atoms with Crippen LogP contribution in [0, 0.1) is 25.2 Å². The van der Waals surface area contributed by atoms with Crippen LogP contribution in [0.4, 0.5) is 0 Å². The first-order valence-electron chi connectivity index (χ1n) is 10.2. The minimum absolute atomic E-state index is 0.0864. The Morgan fingerprint density at radius 1 is 1.07 bits per heavy atom. The molecule has 0 N–H and O–H groups in total. The summed E-state index contributed by atoms with van der Waals surface area (Å²) in [4.78, 5) is 21.9. The van der Waals surface area contributed by atoms with Crippen LogP contribution in [0.1, 0.15) is 32.9 Å². The standard InChI is InChI=1S/C24H25N5O/c1-18-15-22(19(2)29(18)23-5-3-4-10-26-23)24(30)28-13-11-27(12-14-28)17-21-8-6-20(16-25)7-9-21/h3-10,15H,11-14,17H2,1-2H3. The zero-order valence-corrected chi connectivity index (χ0v) is 17.4. The Hall–Kier alpha value is -3.43. The van der Waals surface area contributed by atoms with Gasteiger partial charge in [0.25, 0.3) is 5.91 Å². The van der Waals surface area contributed by atoms with E-state index in [2.05, 4.69) is 16.0 Å². The summed E-state index contributed by atoms with van der Waals surface area (Å²) >= 11 is 0. The lowest BCUT2D eigenvalue weighted by Crippen LogP contribution is -2.48. The number of rotatable bonds is 4. The molecule has 1 aliphatic rings. The number of amides is 1. The fourth-order valence-electron chi connectivity index (χ4n) is 4.04. The number of aryl methyl sites for hydroxylation is 1. The highest BCUT2D eigenvalue weighted by Crippen LogP contribution is 2.21. The molecule has 0 radical (unpaired) electrons. The number of carbonyl (C=O) groups excluding carboxylic acids is 1. The van der Waals surface area contributed by atoms with Crippen LogP contribution in [0.25, 0.3) is 5.82 Å². The minimum atomic E-state index is 0.0864. The summed E-state index contributed by atoms with van der Waals surface area (Å²) in [7, 11) is 0. The largest absolute Gasteiger partial charge is 0.336 e. The van der Waals surface area contributed by atoms with E-state index in [0.717, 1.165) is 42.4 Å². The van der Waals surface area contributed by atoms with Gasteiger partial charge < -0.3 is 9.47 Å². The van der Waals surface area contributed by atoms with E-state index in [9.17, 15) is 4.79 Å². The number of nitriles is 1. The Kier molecular flexibility index (Phi) is 5.64. The molecule has 152 valence electrons. The van der Waals surface area contributed by atoms with Gasteiger partial charge in [0.15, 0.2) is 0 Å². The van der Waals surface area contributed by atoms with Crippen LogP contribution in [0.15, 0.2) is 54.7 Å². The van der Waals surface area contributed by atoms with E-state index in [0.29, 0.717) is 18.7 Å². The topological polar surface area (TPSA) is 65.2 Å². The van der Waals surface area contributed by atoms with Crippen LogP contribution in [-0.4, -0.2) is 51.4 Å². The average molecular weight is 399 g/mol. The van der Waals surface area contributed by atoms with Gasteiger partial charge in [-0.1, -0.05) is 18.2 Å². The van der Waals surface area contributed by atoms with Gasteiger partial charge in [0.1, 0.15) is 5.82 Å². The smallest absolute Gasteiger partial charge is 0.255 e. The Morgan fingerprint density at radius 2 is 1.80 bits per heavy atom. The van der Waals surface area contributed by atoms with E-state index in [1.165, 1.54) is 5.56 Å². The quantitative estimate of drug-likeness (QED) is 0.675. The number of hydrogen-bond donors (Lipinski definition) is 0. The highest BCUT2D eigenvalue weighted by atomic mass is 16.2. The monoisotopic (exact) mass is 399 g/mol. The van der Waals surface area contributed by atoms with Crippen molar-refractivity contribution in [1.29, 1.82) is 5.26 Å². The van der Waals surface area contributed by atoms with Gasteiger partial charge in [-0.25, -0.2) is 4.98 Å². The van der Waals surface area contributed by atoms with Crippen molar-refractivity contribution in [2.75, 3.05) is 26.2 Å². The van der Waals surface area contributed by atoms with Gasteiger partial charge in [-0.3, -0.25) is 9.69 Å². The lowest BCUT2D eigenvalue weighted by Gasteiger charge is -2.34. The van der Waals surface area contributed by atoms with E-state index in [4.69, 9.17) is 5.26 Å². The van der Waals surface area contributed by atoms with E-state index in [1.54, 1.807) is 6.20 Å². The summed E-state index contributed by atoms with van der Waals surface area (Å²) in [5.41, 5.74) is 4.55. The molecular weight excluding hydrogens is 374 g/mol. The van der Waals surface area contributed by atoms with E-state index < -0.39 is 0 Å². The molecule has 0 aliphatic carbocycles. The predicted molar refractivity (Wildman–Crippen MR) is 115 cm³/mol. The molecule has 0 unspecified atom stereocenters. The Morgan fingerprint density at radius 3 is 2.43 bits per heavy atom. The molecule has 0 saturated carbocycles. The number of aromatic nitrogens is 2. The summed E-state index contributed by atoms with van der Waals surface area (Å²) in [5, 5.41) is 8.93. The molecule has 1 aliphatic heterocycles. The van der Waals surface area contributed by atoms with Crippen molar-refractivity contribution in [1.82, 2.24) is 19.4 Å². The summed E-state index contributed by atoms with van der Waals surface area (Å²) in [6.07, 6.45) is 1.77. The molecule has 4 rings (SSSR count). The Balaban J connectivity index is 1.42. The lowest BCUT2D eigenvalue weighted by atomic mass is 10.1. The van der Waals surface area contributed by atoms with Crippen LogP contribution in [0.3, 0.4) is 0 Å². The lowest BCUT2D eigenvalue weighted by molar-refractivity contribution is 0.0628.